The number of nitrogens with zero attached hydrogens (tertiary/aromatic N) is 2. The van der Waals surface area contributed by atoms with Gasteiger partial charge in [0.25, 0.3) is 0 Å². The van der Waals surface area contributed by atoms with Crippen LogP contribution in [0.25, 0.3) is 0 Å². The summed E-state index contributed by atoms with van der Waals surface area (Å²) in [5.74, 6) is -0.414. The fraction of sp³-hybridized carbons (Fsp3) is 0.417. The van der Waals surface area contributed by atoms with Gasteiger partial charge in [0, 0.05) is 0 Å². The topological polar surface area (TPSA) is 63.0 Å². The Bertz CT molecular complexity index is 447. The Morgan fingerprint density at radius 2 is 2.19 bits per heavy atom. The van der Waals surface area contributed by atoms with E-state index in [9.17, 15) is 4.79 Å². The molecule has 0 aromatic carbocycles. The van der Waals surface area contributed by atoms with Crippen LogP contribution < -0.4 is 0 Å². The van der Waals surface area contributed by atoms with Crippen LogP contribution in [-0.4, -0.2) is 17.6 Å². The number of aryl methyl sites for hydroxylation is 2. The van der Waals surface area contributed by atoms with Gasteiger partial charge in [-0.3, -0.25) is 4.98 Å². The molecule has 0 aliphatic carbocycles. The summed E-state index contributed by atoms with van der Waals surface area (Å²) in [5, 5.41) is 8.85. The Balaban J connectivity index is 3.05. The van der Waals surface area contributed by atoms with E-state index in [0.29, 0.717) is 29.1 Å². The quantitative estimate of drug-likeness (QED) is 0.729. The lowest BCUT2D eigenvalue weighted by Gasteiger charge is -2.07. The van der Waals surface area contributed by atoms with Crippen molar-refractivity contribution in [3.8, 4) is 6.07 Å². The molecule has 16 heavy (non-hydrogen) atoms. The highest BCUT2D eigenvalue weighted by atomic mass is 16.5. The summed E-state index contributed by atoms with van der Waals surface area (Å²) in [4.78, 5) is 15.8. The van der Waals surface area contributed by atoms with Crippen LogP contribution >= 0.6 is 0 Å². The van der Waals surface area contributed by atoms with E-state index < -0.39 is 5.97 Å². The van der Waals surface area contributed by atoms with Crippen LogP contribution in [-0.2, 0) is 4.74 Å². The molecule has 1 rings (SSSR count). The Morgan fingerprint density at radius 1 is 1.50 bits per heavy atom. The van der Waals surface area contributed by atoms with Crippen LogP contribution in [0.4, 0.5) is 0 Å². The first-order valence-electron chi connectivity index (χ1n) is 5.15. The first kappa shape index (κ1) is 12.2. The van der Waals surface area contributed by atoms with E-state index >= 15 is 0 Å². The van der Waals surface area contributed by atoms with E-state index in [2.05, 4.69) is 4.98 Å². The highest BCUT2D eigenvalue weighted by Gasteiger charge is 2.14. The molecule has 0 aliphatic heterocycles. The Labute approximate surface area is 94.9 Å². The third-order valence-corrected chi connectivity index (χ3v) is 2.18. The molecule has 84 valence electrons. The highest BCUT2D eigenvalue weighted by molar-refractivity contribution is 5.91. The van der Waals surface area contributed by atoms with Crippen molar-refractivity contribution < 1.29 is 9.53 Å². The molecular formula is C12H14N2O2. The molecule has 0 fully saturated rings. The second kappa shape index (κ2) is 5.26. The van der Waals surface area contributed by atoms with Gasteiger partial charge in [0.2, 0.25) is 0 Å². The maximum atomic E-state index is 11.6. The number of carbonyl (C=O) groups excluding carboxylic acids is 1. The van der Waals surface area contributed by atoms with Gasteiger partial charge in [0.05, 0.1) is 29.1 Å². The van der Waals surface area contributed by atoms with E-state index in [-0.39, 0.29) is 0 Å². The number of nitriles is 1. The zero-order valence-corrected chi connectivity index (χ0v) is 9.70. The molecule has 4 nitrogen and oxygen atoms in total. The smallest absolute Gasteiger partial charge is 0.340 e. The lowest BCUT2D eigenvalue weighted by Crippen LogP contribution is -2.10. The first-order chi connectivity index (χ1) is 7.60. The zero-order valence-electron chi connectivity index (χ0n) is 9.70. The fourth-order valence-electron chi connectivity index (χ4n) is 1.32. The van der Waals surface area contributed by atoms with Crippen LogP contribution in [0.5, 0.6) is 0 Å². The minimum atomic E-state index is -0.414. The van der Waals surface area contributed by atoms with Crippen molar-refractivity contribution in [1.29, 1.82) is 5.26 Å². The van der Waals surface area contributed by atoms with Gasteiger partial charge >= 0.3 is 5.97 Å². The van der Waals surface area contributed by atoms with Gasteiger partial charge in [-0.25, -0.2) is 4.79 Å². The summed E-state index contributed by atoms with van der Waals surface area (Å²) < 4.78 is 5.01. The molecule has 4 heteroatoms. The molecule has 1 aromatic rings. The molecule has 0 spiro atoms. The van der Waals surface area contributed by atoms with E-state index in [4.69, 9.17) is 10.00 Å². The molecule has 1 heterocycles. The number of hydrogen-bond donors (Lipinski definition) is 0. The molecule has 0 bridgehead atoms. The van der Waals surface area contributed by atoms with Gasteiger partial charge < -0.3 is 4.74 Å². The number of rotatable bonds is 3. The van der Waals surface area contributed by atoms with Crippen molar-refractivity contribution in [1.82, 2.24) is 4.98 Å². The molecule has 0 unspecified atom stereocenters. The molecular weight excluding hydrogens is 204 g/mol. The summed E-state index contributed by atoms with van der Waals surface area (Å²) in [7, 11) is 0. The van der Waals surface area contributed by atoms with Crippen LogP contribution in [0.15, 0.2) is 6.07 Å². The number of hydrogen-bond acceptors (Lipinski definition) is 4. The van der Waals surface area contributed by atoms with Gasteiger partial charge in [-0.05, 0) is 26.3 Å². The van der Waals surface area contributed by atoms with Crippen LogP contribution in [0.3, 0.4) is 0 Å². The number of carbonyl (C=O) groups is 1. The number of pyridine rings is 1. The van der Waals surface area contributed by atoms with E-state index in [1.54, 1.807) is 13.8 Å². The van der Waals surface area contributed by atoms with Crippen molar-refractivity contribution in [3.05, 3.63) is 28.6 Å². The minimum absolute atomic E-state index is 0.371. The average Bonchev–Trinajstić information content (AvgIpc) is 2.26. The molecule has 1 aromatic heterocycles. The first-order valence-corrected chi connectivity index (χ1v) is 5.15. The van der Waals surface area contributed by atoms with Gasteiger partial charge in [0.15, 0.2) is 0 Å². The van der Waals surface area contributed by atoms with Gasteiger partial charge in [0.1, 0.15) is 6.07 Å². The monoisotopic (exact) mass is 218 g/mol. The third-order valence-electron chi connectivity index (χ3n) is 2.18. The SMILES string of the molecule is CCCOC(=O)c1cc(C#N)c(C)nc1C. The van der Waals surface area contributed by atoms with Crippen LogP contribution in [0, 0.1) is 25.2 Å². The summed E-state index contributed by atoms with van der Waals surface area (Å²) in [6.07, 6.45) is 0.773. The largest absolute Gasteiger partial charge is 0.462 e. The predicted molar refractivity (Wildman–Crippen MR) is 59.0 cm³/mol. The van der Waals surface area contributed by atoms with E-state index in [0.717, 1.165) is 6.42 Å². The standard InChI is InChI=1S/C12H14N2O2/c1-4-5-16-12(15)11-6-10(7-13)8(2)14-9(11)3/h6H,4-5H2,1-3H3. The predicted octanol–water partition coefficient (Wildman–Crippen LogP) is 2.14. The van der Waals surface area contributed by atoms with Gasteiger partial charge in [-0.15, -0.1) is 0 Å². The second-order valence-corrected chi connectivity index (χ2v) is 3.50. The van der Waals surface area contributed by atoms with Gasteiger partial charge in [-0.2, -0.15) is 5.26 Å². The van der Waals surface area contributed by atoms with Crippen molar-refractivity contribution >= 4 is 5.97 Å². The Morgan fingerprint density at radius 3 is 2.75 bits per heavy atom. The van der Waals surface area contributed by atoms with E-state index in [1.807, 2.05) is 13.0 Å². The number of ether oxygens (including phenoxy) is 1. The Hall–Kier alpha value is -1.89. The molecule has 0 saturated heterocycles. The molecule has 0 saturated carbocycles. The van der Waals surface area contributed by atoms with Gasteiger partial charge in [-0.1, -0.05) is 6.92 Å². The van der Waals surface area contributed by atoms with Crippen molar-refractivity contribution in [2.24, 2.45) is 0 Å². The summed E-state index contributed by atoms with van der Waals surface area (Å²) in [5.41, 5.74) is 2.01. The third kappa shape index (κ3) is 2.57. The maximum absolute atomic E-state index is 11.6. The van der Waals surface area contributed by atoms with Crippen molar-refractivity contribution in [2.45, 2.75) is 27.2 Å². The van der Waals surface area contributed by atoms with Crippen molar-refractivity contribution in [3.63, 3.8) is 0 Å². The molecule has 0 radical (unpaired) electrons. The molecule has 0 atom stereocenters. The minimum Gasteiger partial charge on any atom is -0.462 e. The Kier molecular flexibility index (Phi) is 4.01. The number of esters is 1. The fourth-order valence-corrected chi connectivity index (χ4v) is 1.32. The second-order valence-electron chi connectivity index (χ2n) is 3.50. The normalized spacial score (nSPS) is 9.62. The summed E-state index contributed by atoms with van der Waals surface area (Å²) >= 11 is 0. The average molecular weight is 218 g/mol. The maximum Gasteiger partial charge on any atom is 0.340 e. The highest BCUT2D eigenvalue weighted by Crippen LogP contribution is 2.13. The molecule has 0 amide bonds. The van der Waals surface area contributed by atoms with Crippen LogP contribution in [0.1, 0.15) is 40.7 Å². The van der Waals surface area contributed by atoms with Crippen LogP contribution in [0.2, 0.25) is 0 Å². The lowest BCUT2D eigenvalue weighted by molar-refractivity contribution is 0.0503. The lowest BCUT2D eigenvalue weighted by atomic mass is 10.1. The summed E-state index contributed by atoms with van der Waals surface area (Å²) in [6, 6.07) is 3.54. The molecule has 0 N–H and O–H groups in total. The summed E-state index contributed by atoms with van der Waals surface area (Å²) in [6.45, 7) is 5.78. The van der Waals surface area contributed by atoms with Crippen molar-refractivity contribution in [2.75, 3.05) is 6.61 Å². The van der Waals surface area contributed by atoms with E-state index in [1.165, 1.54) is 6.07 Å². The zero-order chi connectivity index (χ0) is 12.1. The number of aromatic nitrogens is 1. The molecule has 0 aliphatic rings.